The number of aryl methyl sites for hydroxylation is 1. The predicted octanol–water partition coefficient (Wildman–Crippen LogP) is 3.36. The van der Waals surface area contributed by atoms with E-state index in [1.165, 1.54) is 24.1 Å². The van der Waals surface area contributed by atoms with Gasteiger partial charge in [-0.3, -0.25) is 13.9 Å². The van der Waals surface area contributed by atoms with Gasteiger partial charge in [0, 0.05) is 13.6 Å². The van der Waals surface area contributed by atoms with E-state index < -0.39 is 28.5 Å². The Hall–Kier alpha value is -3.85. The number of hydrogen-bond acceptors (Lipinski definition) is 5. The van der Waals surface area contributed by atoms with Gasteiger partial charge in [-0.1, -0.05) is 42.5 Å². The van der Waals surface area contributed by atoms with Gasteiger partial charge >= 0.3 is 0 Å². The molecule has 0 unspecified atom stereocenters. The number of nitrogens with zero attached hydrogens (tertiary/aromatic N) is 2. The molecular formula is C27H31N3O5S. The summed E-state index contributed by atoms with van der Waals surface area (Å²) in [6.07, 6.45) is 0. The quantitative estimate of drug-likeness (QED) is 0.452. The van der Waals surface area contributed by atoms with E-state index in [2.05, 4.69) is 5.32 Å². The highest BCUT2D eigenvalue weighted by Gasteiger charge is 2.32. The third-order valence-corrected chi connectivity index (χ3v) is 7.61. The average Bonchev–Trinajstić information content (AvgIpc) is 2.90. The summed E-state index contributed by atoms with van der Waals surface area (Å²) in [7, 11) is -1.01. The SMILES string of the molecule is CNC(=O)[C@H](C)N(Cc1ccc(OC)cc1)C(=O)CN(c1cccc(C)c1)S(=O)(=O)c1ccccc1. The predicted molar refractivity (Wildman–Crippen MR) is 139 cm³/mol. The number of hydrogen-bond donors (Lipinski definition) is 1. The molecule has 1 atom stereocenters. The molecule has 0 aliphatic heterocycles. The first-order valence-corrected chi connectivity index (χ1v) is 12.9. The minimum atomic E-state index is -4.06. The monoisotopic (exact) mass is 509 g/mol. The van der Waals surface area contributed by atoms with E-state index in [0.717, 1.165) is 15.4 Å². The van der Waals surface area contributed by atoms with E-state index in [4.69, 9.17) is 4.74 Å². The molecule has 0 fully saturated rings. The normalized spacial score (nSPS) is 11.9. The summed E-state index contributed by atoms with van der Waals surface area (Å²) in [5, 5.41) is 2.57. The molecule has 190 valence electrons. The van der Waals surface area contributed by atoms with E-state index in [1.807, 2.05) is 13.0 Å². The lowest BCUT2D eigenvalue weighted by Crippen LogP contribution is -2.50. The van der Waals surface area contributed by atoms with Crippen LogP contribution in [0.4, 0.5) is 5.69 Å². The highest BCUT2D eigenvalue weighted by Crippen LogP contribution is 2.25. The van der Waals surface area contributed by atoms with Gasteiger partial charge < -0.3 is 15.0 Å². The summed E-state index contributed by atoms with van der Waals surface area (Å²) >= 11 is 0. The molecule has 1 N–H and O–H groups in total. The molecule has 0 aliphatic rings. The van der Waals surface area contributed by atoms with Crippen molar-refractivity contribution >= 4 is 27.5 Å². The fraction of sp³-hybridized carbons (Fsp3) is 0.259. The van der Waals surface area contributed by atoms with Gasteiger partial charge in [-0.2, -0.15) is 0 Å². The van der Waals surface area contributed by atoms with Gasteiger partial charge in [0.15, 0.2) is 0 Å². The molecule has 0 saturated heterocycles. The summed E-state index contributed by atoms with van der Waals surface area (Å²) in [4.78, 5) is 27.7. The van der Waals surface area contributed by atoms with E-state index in [-0.39, 0.29) is 17.3 Å². The smallest absolute Gasteiger partial charge is 0.264 e. The zero-order valence-corrected chi connectivity index (χ0v) is 21.7. The van der Waals surface area contributed by atoms with Crippen LogP contribution < -0.4 is 14.4 Å². The largest absolute Gasteiger partial charge is 0.497 e. The molecule has 3 rings (SSSR count). The Morgan fingerprint density at radius 2 is 1.64 bits per heavy atom. The lowest BCUT2D eigenvalue weighted by molar-refractivity contribution is -0.139. The molecule has 0 spiro atoms. The fourth-order valence-corrected chi connectivity index (χ4v) is 5.18. The number of rotatable bonds is 10. The first-order valence-electron chi connectivity index (χ1n) is 11.5. The summed E-state index contributed by atoms with van der Waals surface area (Å²) in [5.41, 5.74) is 1.99. The zero-order valence-electron chi connectivity index (χ0n) is 20.8. The van der Waals surface area contributed by atoms with Crippen molar-refractivity contribution in [3.05, 3.63) is 90.0 Å². The molecule has 8 nitrogen and oxygen atoms in total. The van der Waals surface area contributed by atoms with Crippen LogP contribution in [0.5, 0.6) is 5.75 Å². The molecule has 0 radical (unpaired) electrons. The Morgan fingerprint density at radius 3 is 2.22 bits per heavy atom. The topological polar surface area (TPSA) is 96.0 Å². The van der Waals surface area contributed by atoms with Crippen LogP contribution >= 0.6 is 0 Å². The van der Waals surface area contributed by atoms with Crippen molar-refractivity contribution in [1.82, 2.24) is 10.2 Å². The number of benzene rings is 3. The van der Waals surface area contributed by atoms with Gasteiger partial charge in [-0.05, 0) is 61.4 Å². The second kappa shape index (κ2) is 11.7. The van der Waals surface area contributed by atoms with Crippen molar-refractivity contribution in [1.29, 1.82) is 0 Å². The molecule has 3 aromatic rings. The molecule has 0 aromatic heterocycles. The Morgan fingerprint density at radius 1 is 0.972 bits per heavy atom. The highest BCUT2D eigenvalue weighted by atomic mass is 32.2. The maximum absolute atomic E-state index is 13.7. The Bertz CT molecular complexity index is 1290. The Balaban J connectivity index is 2.00. The van der Waals surface area contributed by atoms with Crippen molar-refractivity contribution in [2.45, 2.75) is 31.3 Å². The number of anilines is 1. The van der Waals surface area contributed by atoms with Crippen LogP contribution in [0.1, 0.15) is 18.1 Å². The first-order chi connectivity index (χ1) is 17.2. The maximum Gasteiger partial charge on any atom is 0.264 e. The van der Waals surface area contributed by atoms with Gasteiger partial charge in [-0.25, -0.2) is 8.42 Å². The van der Waals surface area contributed by atoms with Crippen LogP contribution in [0.25, 0.3) is 0 Å². The standard InChI is InChI=1S/C27H31N3O5S/c1-20-9-8-10-23(17-20)30(36(33,34)25-11-6-5-7-12-25)19-26(31)29(21(2)27(32)28-3)18-22-13-15-24(35-4)16-14-22/h5-17,21H,18-19H2,1-4H3,(H,28,32)/t21-/m0/s1. The van der Waals surface area contributed by atoms with Crippen LogP contribution in [0.15, 0.2) is 83.8 Å². The van der Waals surface area contributed by atoms with Gasteiger partial charge in [0.2, 0.25) is 11.8 Å². The van der Waals surface area contributed by atoms with Crippen molar-refractivity contribution in [2.24, 2.45) is 0 Å². The second-order valence-corrected chi connectivity index (χ2v) is 10.2. The van der Waals surface area contributed by atoms with E-state index >= 15 is 0 Å². The van der Waals surface area contributed by atoms with Gasteiger partial charge in [-0.15, -0.1) is 0 Å². The number of methoxy groups -OCH3 is 1. The summed E-state index contributed by atoms with van der Waals surface area (Å²) in [5.74, 6) is -0.205. The summed E-state index contributed by atoms with van der Waals surface area (Å²) < 4.78 is 33.6. The Kier molecular flexibility index (Phi) is 8.71. The molecule has 0 heterocycles. The molecule has 2 amide bonds. The number of ether oxygens (including phenoxy) is 1. The number of carbonyl (C=O) groups is 2. The highest BCUT2D eigenvalue weighted by molar-refractivity contribution is 7.92. The van der Waals surface area contributed by atoms with Crippen LogP contribution in [0, 0.1) is 6.92 Å². The molecule has 0 aliphatic carbocycles. The molecule has 0 saturated carbocycles. The summed E-state index contributed by atoms with van der Waals surface area (Å²) in [6.45, 7) is 3.11. The lowest BCUT2D eigenvalue weighted by atomic mass is 10.1. The maximum atomic E-state index is 13.7. The number of likely N-dealkylation sites (N-methyl/N-ethyl adjacent to an activating group) is 1. The van der Waals surface area contributed by atoms with E-state index in [1.54, 1.807) is 74.7 Å². The minimum absolute atomic E-state index is 0.0698. The van der Waals surface area contributed by atoms with Crippen molar-refractivity contribution < 1.29 is 22.7 Å². The zero-order chi connectivity index (χ0) is 26.3. The Labute approximate surface area is 212 Å². The molecule has 9 heteroatoms. The van der Waals surface area contributed by atoms with E-state index in [9.17, 15) is 18.0 Å². The van der Waals surface area contributed by atoms with Crippen LogP contribution in [0.2, 0.25) is 0 Å². The number of sulfonamides is 1. The number of carbonyl (C=O) groups excluding carboxylic acids is 2. The molecule has 36 heavy (non-hydrogen) atoms. The average molecular weight is 510 g/mol. The first kappa shape index (κ1) is 26.7. The van der Waals surface area contributed by atoms with Crippen molar-refractivity contribution in [3.63, 3.8) is 0 Å². The van der Waals surface area contributed by atoms with Crippen molar-refractivity contribution in [2.75, 3.05) is 25.0 Å². The fourth-order valence-electron chi connectivity index (χ4n) is 3.75. The minimum Gasteiger partial charge on any atom is -0.497 e. The van der Waals surface area contributed by atoms with E-state index in [0.29, 0.717) is 11.4 Å². The third kappa shape index (κ3) is 6.23. The molecular weight excluding hydrogens is 478 g/mol. The second-order valence-electron chi connectivity index (χ2n) is 8.32. The summed E-state index contributed by atoms with van der Waals surface area (Å²) in [6, 6.07) is 21.2. The van der Waals surface area contributed by atoms with Crippen LogP contribution in [-0.2, 0) is 26.2 Å². The molecule has 3 aromatic carbocycles. The van der Waals surface area contributed by atoms with Crippen LogP contribution in [-0.4, -0.2) is 51.9 Å². The van der Waals surface area contributed by atoms with Gasteiger partial charge in [0.1, 0.15) is 18.3 Å². The van der Waals surface area contributed by atoms with Crippen LogP contribution in [0.3, 0.4) is 0 Å². The lowest BCUT2D eigenvalue weighted by Gasteiger charge is -2.32. The van der Waals surface area contributed by atoms with Crippen molar-refractivity contribution in [3.8, 4) is 5.75 Å². The molecule has 0 bridgehead atoms. The van der Waals surface area contributed by atoms with Gasteiger partial charge in [0.05, 0.1) is 17.7 Å². The number of nitrogens with one attached hydrogen (secondary N) is 1. The number of amides is 2. The van der Waals surface area contributed by atoms with Gasteiger partial charge in [0.25, 0.3) is 10.0 Å². The third-order valence-electron chi connectivity index (χ3n) is 5.83.